The number of nitrogens with zero attached hydrogens (tertiary/aromatic N) is 1. The third-order valence-corrected chi connectivity index (χ3v) is 3.84. The van der Waals surface area contributed by atoms with Crippen LogP contribution >= 0.6 is 0 Å². The van der Waals surface area contributed by atoms with E-state index in [4.69, 9.17) is 0 Å². The number of urea groups is 1. The zero-order valence-corrected chi connectivity index (χ0v) is 11.6. The van der Waals surface area contributed by atoms with Crippen LogP contribution in [-0.2, 0) is 9.59 Å². The van der Waals surface area contributed by atoms with Crippen LogP contribution in [0.5, 0.6) is 0 Å². The summed E-state index contributed by atoms with van der Waals surface area (Å²) < 4.78 is 0. The van der Waals surface area contributed by atoms with Gasteiger partial charge in [-0.2, -0.15) is 0 Å². The molecule has 1 heterocycles. The Balaban J connectivity index is 1.79. The van der Waals surface area contributed by atoms with Crippen molar-refractivity contribution in [2.75, 3.05) is 19.6 Å². The Morgan fingerprint density at radius 3 is 2.65 bits per heavy atom. The van der Waals surface area contributed by atoms with Crippen molar-refractivity contribution in [1.82, 2.24) is 15.5 Å². The minimum atomic E-state index is -0.897. The molecule has 0 bridgehead atoms. The second-order valence-electron chi connectivity index (χ2n) is 5.89. The molecule has 1 aliphatic heterocycles. The Labute approximate surface area is 117 Å². The van der Waals surface area contributed by atoms with Gasteiger partial charge < -0.3 is 20.6 Å². The van der Waals surface area contributed by atoms with Gasteiger partial charge in [0, 0.05) is 19.1 Å². The maximum absolute atomic E-state index is 12.0. The molecule has 112 valence electrons. The average Bonchev–Trinajstić information content (AvgIpc) is 3.19. The van der Waals surface area contributed by atoms with Crippen LogP contribution in [0.4, 0.5) is 4.79 Å². The fraction of sp³-hybridized carbons (Fsp3) is 0.769. The molecule has 3 N–H and O–H groups in total. The van der Waals surface area contributed by atoms with Crippen molar-refractivity contribution in [2.45, 2.75) is 38.6 Å². The molecule has 1 unspecified atom stereocenters. The summed E-state index contributed by atoms with van der Waals surface area (Å²) in [6.07, 6.45) is 3.23. The molecule has 0 aromatic heterocycles. The lowest BCUT2D eigenvalue weighted by Crippen LogP contribution is -2.52. The molecule has 1 saturated carbocycles. The Morgan fingerprint density at radius 1 is 1.35 bits per heavy atom. The standard InChI is InChI=1S/C13H21N3O4/c1-13(11(18)19)5-2-6-16(8-13)12(20)14-7-10(17)15-9-3-4-9/h9H,2-8H2,1H3,(H,14,20)(H,15,17)(H,18,19). The van der Waals surface area contributed by atoms with Crippen LogP contribution in [0, 0.1) is 5.41 Å². The smallest absolute Gasteiger partial charge is 0.317 e. The van der Waals surface area contributed by atoms with E-state index in [0.717, 1.165) is 12.8 Å². The van der Waals surface area contributed by atoms with Gasteiger partial charge >= 0.3 is 12.0 Å². The number of amides is 3. The first-order valence-electron chi connectivity index (χ1n) is 6.96. The van der Waals surface area contributed by atoms with E-state index in [-0.39, 0.29) is 31.1 Å². The van der Waals surface area contributed by atoms with E-state index in [1.165, 1.54) is 4.90 Å². The molecule has 2 fully saturated rings. The van der Waals surface area contributed by atoms with E-state index in [1.807, 2.05) is 0 Å². The van der Waals surface area contributed by atoms with Gasteiger partial charge in [-0.15, -0.1) is 0 Å². The SMILES string of the molecule is CC1(C(=O)O)CCCN(C(=O)NCC(=O)NC2CC2)C1. The second-order valence-corrected chi connectivity index (χ2v) is 5.89. The summed E-state index contributed by atoms with van der Waals surface area (Å²) in [5, 5.41) is 14.5. The summed E-state index contributed by atoms with van der Waals surface area (Å²) in [4.78, 5) is 36.1. The van der Waals surface area contributed by atoms with Crippen molar-refractivity contribution in [1.29, 1.82) is 0 Å². The highest BCUT2D eigenvalue weighted by atomic mass is 16.4. The zero-order chi connectivity index (χ0) is 14.8. The highest BCUT2D eigenvalue weighted by Gasteiger charge is 2.39. The fourth-order valence-corrected chi connectivity index (χ4v) is 2.36. The Morgan fingerprint density at radius 2 is 2.05 bits per heavy atom. The molecule has 1 aliphatic carbocycles. The van der Waals surface area contributed by atoms with Crippen molar-refractivity contribution >= 4 is 17.9 Å². The quantitative estimate of drug-likeness (QED) is 0.684. The largest absolute Gasteiger partial charge is 0.481 e. The monoisotopic (exact) mass is 283 g/mol. The lowest BCUT2D eigenvalue weighted by molar-refractivity contribution is -0.150. The Kier molecular flexibility index (Phi) is 4.15. The number of likely N-dealkylation sites (tertiary alicyclic amines) is 1. The van der Waals surface area contributed by atoms with E-state index in [2.05, 4.69) is 10.6 Å². The number of nitrogens with one attached hydrogen (secondary N) is 2. The second kappa shape index (κ2) is 5.68. The predicted molar refractivity (Wildman–Crippen MR) is 71.1 cm³/mol. The Hall–Kier alpha value is -1.79. The van der Waals surface area contributed by atoms with E-state index >= 15 is 0 Å². The molecule has 2 rings (SSSR count). The normalized spacial score (nSPS) is 25.9. The third kappa shape index (κ3) is 3.61. The lowest BCUT2D eigenvalue weighted by Gasteiger charge is -2.37. The van der Waals surface area contributed by atoms with Gasteiger partial charge in [0.1, 0.15) is 0 Å². The molecule has 1 saturated heterocycles. The molecular formula is C13H21N3O4. The Bertz CT molecular complexity index is 422. The third-order valence-electron chi connectivity index (χ3n) is 3.84. The molecule has 3 amide bonds. The zero-order valence-electron chi connectivity index (χ0n) is 11.6. The van der Waals surface area contributed by atoms with E-state index in [9.17, 15) is 19.5 Å². The molecular weight excluding hydrogens is 262 g/mol. The van der Waals surface area contributed by atoms with Crippen molar-refractivity contribution < 1.29 is 19.5 Å². The van der Waals surface area contributed by atoms with Crippen molar-refractivity contribution in [2.24, 2.45) is 5.41 Å². The maximum atomic E-state index is 12.0. The highest BCUT2D eigenvalue weighted by Crippen LogP contribution is 2.29. The number of aliphatic carboxylic acids is 1. The number of carbonyl (C=O) groups excluding carboxylic acids is 2. The first kappa shape index (κ1) is 14.6. The molecule has 2 aliphatic rings. The van der Waals surface area contributed by atoms with Gasteiger partial charge in [-0.05, 0) is 32.6 Å². The van der Waals surface area contributed by atoms with Gasteiger partial charge in [0.2, 0.25) is 5.91 Å². The summed E-state index contributed by atoms with van der Waals surface area (Å²) in [7, 11) is 0. The average molecular weight is 283 g/mol. The topological polar surface area (TPSA) is 98.7 Å². The first-order valence-corrected chi connectivity index (χ1v) is 6.96. The summed E-state index contributed by atoms with van der Waals surface area (Å²) in [5.41, 5.74) is -0.897. The minimum Gasteiger partial charge on any atom is -0.481 e. The summed E-state index contributed by atoms with van der Waals surface area (Å²) in [6, 6.07) is -0.104. The number of hydrogen-bond donors (Lipinski definition) is 3. The van der Waals surface area contributed by atoms with Crippen molar-refractivity contribution in [3.8, 4) is 0 Å². The van der Waals surface area contributed by atoms with Gasteiger partial charge in [-0.3, -0.25) is 9.59 Å². The fourth-order valence-electron chi connectivity index (χ4n) is 2.36. The molecule has 0 aromatic carbocycles. The van der Waals surface area contributed by atoms with Gasteiger partial charge in [0.15, 0.2) is 0 Å². The van der Waals surface area contributed by atoms with E-state index < -0.39 is 11.4 Å². The van der Waals surface area contributed by atoms with Crippen LogP contribution in [0.1, 0.15) is 32.6 Å². The van der Waals surface area contributed by atoms with Crippen molar-refractivity contribution in [3.05, 3.63) is 0 Å². The van der Waals surface area contributed by atoms with Gasteiger partial charge in [0.05, 0.1) is 12.0 Å². The molecule has 7 nitrogen and oxygen atoms in total. The maximum Gasteiger partial charge on any atom is 0.317 e. The number of carboxylic acids is 1. The number of hydrogen-bond acceptors (Lipinski definition) is 3. The molecule has 0 aromatic rings. The molecule has 0 radical (unpaired) electrons. The van der Waals surface area contributed by atoms with Crippen LogP contribution < -0.4 is 10.6 Å². The van der Waals surface area contributed by atoms with Gasteiger partial charge in [0.25, 0.3) is 0 Å². The first-order chi connectivity index (χ1) is 9.40. The van der Waals surface area contributed by atoms with Crippen LogP contribution in [0.2, 0.25) is 0 Å². The van der Waals surface area contributed by atoms with Crippen LogP contribution in [0.25, 0.3) is 0 Å². The molecule has 20 heavy (non-hydrogen) atoms. The lowest BCUT2D eigenvalue weighted by atomic mass is 9.82. The van der Waals surface area contributed by atoms with Crippen molar-refractivity contribution in [3.63, 3.8) is 0 Å². The van der Waals surface area contributed by atoms with Crippen LogP contribution in [0.15, 0.2) is 0 Å². The summed E-state index contributed by atoms with van der Waals surface area (Å²) in [5.74, 6) is -1.08. The summed E-state index contributed by atoms with van der Waals surface area (Å²) >= 11 is 0. The summed E-state index contributed by atoms with van der Waals surface area (Å²) in [6.45, 7) is 2.29. The predicted octanol–water partition coefficient (Wildman–Crippen LogP) is 0.161. The van der Waals surface area contributed by atoms with Crippen LogP contribution in [-0.4, -0.2) is 53.6 Å². The number of carbonyl (C=O) groups is 3. The van der Waals surface area contributed by atoms with Gasteiger partial charge in [-0.1, -0.05) is 0 Å². The van der Waals surface area contributed by atoms with E-state index in [0.29, 0.717) is 19.4 Å². The highest BCUT2D eigenvalue weighted by molar-refractivity contribution is 5.84. The van der Waals surface area contributed by atoms with Gasteiger partial charge in [-0.25, -0.2) is 4.79 Å². The van der Waals surface area contributed by atoms with Crippen LogP contribution in [0.3, 0.4) is 0 Å². The minimum absolute atomic E-state index is 0.0599. The molecule has 0 spiro atoms. The number of carboxylic acid groups (broad SMARTS) is 1. The molecule has 7 heteroatoms. The number of piperidine rings is 1. The molecule has 1 atom stereocenters. The van der Waals surface area contributed by atoms with E-state index in [1.54, 1.807) is 6.92 Å². The number of rotatable bonds is 4.